The van der Waals surface area contributed by atoms with Crippen LogP contribution in [0.2, 0.25) is 0 Å². The van der Waals surface area contributed by atoms with Crippen LogP contribution in [-0.2, 0) is 14.6 Å². The molecule has 0 aromatic heterocycles. The molecule has 1 aromatic rings. The lowest BCUT2D eigenvalue weighted by atomic mass is 9.91. The van der Waals surface area contributed by atoms with Crippen LogP contribution in [0, 0.1) is 12.3 Å². The van der Waals surface area contributed by atoms with E-state index in [1.807, 2.05) is 6.92 Å². The smallest absolute Gasteiger partial charge is 0.270 e. The van der Waals surface area contributed by atoms with Gasteiger partial charge in [-0.05, 0) is 32.9 Å². The quantitative estimate of drug-likeness (QED) is 0.467. The topological polar surface area (TPSA) is 87.6 Å². The van der Waals surface area contributed by atoms with Crippen LogP contribution < -0.4 is 0 Å². The van der Waals surface area contributed by atoms with Crippen LogP contribution in [0.5, 0.6) is 0 Å². The molecule has 0 saturated carbocycles. The van der Waals surface area contributed by atoms with Crippen molar-refractivity contribution in [2.75, 3.05) is 5.75 Å². The van der Waals surface area contributed by atoms with Gasteiger partial charge in [-0.2, -0.15) is 4.79 Å². The fourth-order valence-corrected chi connectivity index (χ4v) is 2.84. The Morgan fingerprint density at radius 2 is 1.84 bits per heavy atom. The van der Waals surface area contributed by atoms with Gasteiger partial charge in [-0.3, -0.25) is 4.79 Å². The molecule has 0 spiro atoms. The van der Waals surface area contributed by atoms with Gasteiger partial charge in [-0.15, -0.1) is 0 Å². The molecule has 19 heavy (non-hydrogen) atoms. The summed E-state index contributed by atoms with van der Waals surface area (Å²) in [4.78, 5) is 14.8. The van der Waals surface area contributed by atoms with Gasteiger partial charge in [0, 0.05) is 0 Å². The highest BCUT2D eigenvalue weighted by Gasteiger charge is 2.34. The van der Waals surface area contributed by atoms with Crippen molar-refractivity contribution in [3.8, 4) is 0 Å². The molecule has 102 valence electrons. The van der Waals surface area contributed by atoms with Gasteiger partial charge in [-0.25, -0.2) is 8.42 Å². The number of nitrogens with zero attached hydrogens (tertiary/aromatic N) is 2. The van der Waals surface area contributed by atoms with Crippen molar-refractivity contribution in [2.24, 2.45) is 5.41 Å². The van der Waals surface area contributed by atoms with Crippen LogP contribution in [-0.4, -0.2) is 31.0 Å². The van der Waals surface area contributed by atoms with Gasteiger partial charge >= 0.3 is 0 Å². The standard InChI is InChI=1S/C13H16N2O3S/c1-10-4-6-11(7-5-10)19(17,18)8-12(16)13(2,3)9-15-14/h4-7,9H,8H2,1-3H3. The fourth-order valence-electron chi connectivity index (χ4n) is 1.40. The lowest BCUT2D eigenvalue weighted by Crippen LogP contribution is -2.32. The third-order valence-electron chi connectivity index (χ3n) is 2.80. The molecular weight excluding hydrogens is 264 g/mol. The first-order valence-electron chi connectivity index (χ1n) is 5.70. The van der Waals surface area contributed by atoms with Crippen molar-refractivity contribution in [1.29, 1.82) is 0 Å². The Labute approximate surface area is 112 Å². The molecule has 0 bridgehead atoms. The SMILES string of the molecule is Cc1ccc(S(=O)(=O)CC(=O)C(C)(C)C=[N+]=[N-])cc1. The second-order valence-electron chi connectivity index (χ2n) is 4.96. The van der Waals surface area contributed by atoms with Crippen LogP contribution >= 0.6 is 0 Å². The monoisotopic (exact) mass is 280 g/mol. The highest BCUT2D eigenvalue weighted by Crippen LogP contribution is 2.18. The van der Waals surface area contributed by atoms with Crippen molar-refractivity contribution in [3.63, 3.8) is 0 Å². The Bertz CT molecular complexity index is 624. The molecule has 0 amide bonds. The molecule has 0 saturated heterocycles. The first kappa shape index (κ1) is 15.3. The molecule has 6 heteroatoms. The van der Waals surface area contributed by atoms with Crippen molar-refractivity contribution >= 4 is 21.8 Å². The summed E-state index contributed by atoms with van der Waals surface area (Å²) in [6.45, 7) is 4.85. The second-order valence-corrected chi connectivity index (χ2v) is 6.95. The van der Waals surface area contributed by atoms with Gasteiger partial charge < -0.3 is 5.53 Å². The van der Waals surface area contributed by atoms with E-state index >= 15 is 0 Å². The summed E-state index contributed by atoms with van der Waals surface area (Å²) in [6.07, 6.45) is 1.03. The molecule has 0 fully saturated rings. The lowest BCUT2D eigenvalue weighted by Gasteiger charge is -2.13. The number of hydrogen-bond donors (Lipinski definition) is 0. The molecule has 1 rings (SSSR count). The Morgan fingerprint density at radius 3 is 2.32 bits per heavy atom. The van der Waals surface area contributed by atoms with E-state index in [9.17, 15) is 13.2 Å². The molecule has 0 aliphatic rings. The summed E-state index contributed by atoms with van der Waals surface area (Å²) in [5, 5.41) is 0. The number of aryl methyl sites for hydroxylation is 1. The molecule has 0 unspecified atom stereocenters. The summed E-state index contributed by atoms with van der Waals surface area (Å²) in [5.74, 6) is -1.14. The number of Topliss-reactive ketones (excluding diaryl/α,β-unsaturated/α-hetero) is 1. The fraction of sp³-hybridized carbons (Fsp3) is 0.385. The first-order chi connectivity index (χ1) is 8.69. The number of ketones is 1. The van der Waals surface area contributed by atoms with E-state index in [1.54, 1.807) is 12.1 Å². The molecular formula is C13H16N2O3S. The number of carbonyl (C=O) groups excluding carboxylic acids is 1. The molecule has 5 nitrogen and oxygen atoms in total. The third-order valence-corrected chi connectivity index (χ3v) is 4.43. The zero-order chi connectivity index (χ0) is 14.7. The maximum atomic E-state index is 12.1. The Morgan fingerprint density at radius 1 is 1.32 bits per heavy atom. The number of carbonyl (C=O) groups is 1. The molecule has 0 aliphatic heterocycles. The van der Waals surface area contributed by atoms with Crippen molar-refractivity contribution in [1.82, 2.24) is 0 Å². The van der Waals surface area contributed by atoms with Crippen LogP contribution in [0.25, 0.3) is 5.53 Å². The van der Waals surface area contributed by atoms with Crippen LogP contribution in [0.15, 0.2) is 29.2 Å². The van der Waals surface area contributed by atoms with E-state index in [0.29, 0.717) is 0 Å². The Balaban J connectivity index is 3.01. The average molecular weight is 280 g/mol. The molecule has 0 radical (unpaired) electrons. The summed E-state index contributed by atoms with van der Waals surface area (Å²) in [5.41, 5.74) is 8.29. The highest BCUT2D eigenvalue weighted by molar-refractivity contribution is 7.92. The van der Waals surface area contributed by atoms with E-state index in [-0.39, 0.29) is 4.90 Å². The van der Waals surface area contributed by atoms with Crippen LogP contribution in [0.3, 0.4) is 0 Å². The molecule has 0 heterocycles. The maximum absolute atomic E-state index is 12.1. The average Bonchev–Trinajstić information content (AvgIpc) is 2.28. The van der Waals surface area contributed by atoms with Crippen LogP contribution in [0.1, 0.15) is 19.4 Å². The minimum absolute atomic E-state index is 0.114. The number of benzene rings is 1. The van der Waals surface area contributed by atoms with Crippen molar-refractivity contribution in [3.05, 3.63) is 35.4 Å². The third kappa shape index (κ3) is 3.84. The minimum atomic E-state index is -3.67. The van der Waals surface area contributed by atoms with Gasteiger partial charge in [0.1, 0.15) is 11.2 Å². The van der Waals surface area contributed by atoms with Crippen molar-refractivity contribution in [2.45, 2.75) is 25.7 Å². The second kappa shape index (κ2) is 5.47. The Hall–Kier alpha value is -1.78. The Kier molecular flexibility index (Phi) is 4.39. The van der Waals surface area contributed by atoms with Gasteiger partial charge in [0.25, 0.3) is 6.21 Å². The predicted molar refractivity (Wildman–Crippen MR) is 71.7 cm³/mol. The van der Waals surface area contributed by atoms with E-state index in [0.717, 1.165) is 11.8 Å². The van der Waals surface area contributed by atoms with Crippen molar-refractivity contribution < 1.29 is 18.0 Å². The summed E-state index contributed by atoms with van der Waals surface area (Å²) in [6, 6.07) is 6.31. The predicted octanol–water partition coefficient (Wildman–Crippen LogP) is 1.66. The number of rotatable bonds is 5. The largest absolute Gasteiger partial charge is 0.362 e. The van der Waals surface area contributed by atoms with E-state index in [1.165, 1.54) is 26.0 Å². The normalized spacial score (nSPS) is 11.7. The lowest BCUT2D eigenvalue weighted by molar-refractivity contribution is -0.122. The van der Waals surface area contributed by atoms with Gasteiger partial charge in [-0.1, -0.05) is 17.7 Å². The minimum Gasteiger partial charge on any atom is -0.362 e. The zero-order valence-corrected chi connectivity index (χ0v) is 11.9. The van der Waals surface area contributed by atoms with Gasteiger partial charge in [0.05, 0.1) is 4.90 Å². The first-order valence-corrected chi connectivity index (χ1v) is 7.35. The highest BCUT2D eigenvalue weighted by atomic mass is 32.2. The molecule has 0 atom stereocenters. The van der Waals surface area contributed by atoms with E-state index in [4.69, 9.17) is 5.53 Å². The molecule has 0 aliphatic carbocycles. The van der Waals surface area contributed by atoms with E-state index < -0.39 is 26.8 Å². The molecule has 0 N–H and O–H groups in total. The van der Waals surface area contributed by atoms with Gasteiger partial charge in [0.2, 0.25) is 0 Å². The number of sulfone groups is 1. The summed E-state index contributed by atoms with van der Waals surface area (Å²) >= 11 is 0. The number of hydrogen-bond acceptors (Lipinski definition) is 3. The zero-order valence-electron chi connectivity index (χ0n) is 11.1. The maximum Gasteiger partial charge on any atom is 0.270 e. The van der Waals surface area contributed by atoms with E-state index in [2.05, 4.69) is 4.79 Å². The summed E-state index contributed by atoms with van der Waals surface area (Å²) in [7, 11) is -3.67. The molecule has 1 aromatic carbocycles. The summed E-state index contributed by atoms with van der Waals surface area (Å²) < 4.78 is 24.2. The van der Waals surface area contributed by atoms with Crippen LogP contribution in [0.4, 0.5) is 0 Å². The van der Waals surface area contributed by atoms with Gasteiger partial charge in [0.15, 0.2) is 15.6 Å².